The largest absolute Gasteiger partial charge is 0.328 e. The Labute approximate surface area is 123 Å². The lowest BCUT2D eigenvalue weighted by Gasteiger charge is -2.12. The van der Waals surface area contributed by atoms with Crippen molar-refractivity contribution in [2.24, 2.45) is 5.73 Å². The van der Waals surface area contributed by atoms with Gasteiger partial charge < -0.3 is 10.3 Å². The van der Waals surface area contributed by atoms with Crippen molar-refractivity contribution in [2.45, 2.75) is 45.2 Å². The number of nitrogens with zero attached hydrogens (tertiary/aromatic N) is 2. The second-order valence-corrected chi connectivity index (χ2v) is 5.16. The van der Waals surface area contributed by atoms with Crippen LogP contribution < -0.4 is 11.2 Å². The highest BCUT2D eigenvalue weighted by atomic mass is 16.5. The molecule has 0 saturated heterocycles. The minimum absolute atomic E-state index is 0.299. The Balaban J connectivity index is 2.27. The number of carbonyl (C=O) groups is 1. The average molecular weight is 290 g/mol. The molecule has 1 amide bonds. The molecule has 0 aliphatic carbocycles. The van der Waals surface area contributed by atoms with Gasteiger partial charge in [-0.15, -0.1) is 0 Å². The van der Waals surface area contributed by atoms with Gasteiger partial charge in [0.25, 0.3) is 5.91 Å². The highest BCUT2D eigenvalue weighted by molar-refractivity contribution is 5.81. The Morgan fingerprint density at radius 3 is 2.90 bits per heavy atom. The lowest BCUT2D eigenvalue weighted by Crippen LogP contribution is -2.41. The van der Waals surface area contributed by atoms with Crippen LogP contribution in [0.3, 0.4) is 0 Å². The third-order valence-electron chi connectivity index (χ3n) is 3.57. The van der Waals surface area contributed by atoms with Gasteiger partial charge in [0.15, 0.2) is 0 Å². The van der Waals surface area contributed by atoms with Gasteiger partial charge in [0.1, 0.15) is 5.82 Å². The molecular weight excluding hydrogens is 268 g/mol. The number of benzene rings is 1. The van der Waals surface area contributed by atoms with E-state index >= 15 is 0 Å². The zero-order valence-corrected chi connectivity index (χ0v) is 12.2. The molecule has 6 heteroatoms. The van der Waals surface area contributed by atoms with Crippen molar-refractivity contribution in [1.29, 1.82) is 0 Å². The van der Waals surface area contributed by atoms with E-state index in [4.69, 9.17) is 10.9 Å². The van der Waals surface area contributed by atoms with Gasteiger partial charge in [-0.25, -0.2) is 10.5 Å². The van der Waals surface area contributed by atoms with E-state index in [1.165, 1.54) is 0 Å². The third-order valence-corrected chi connectivity index (χ3v) is 3.57. The van der Waals surface area contributed by atoms with Crippen LogP contribution in [0.4, 0.5) is 0 Å². The molecule has 0 fully saturated rings. The molecule has 2 rings (SSSR count). The standard InChI is InChI=1S/C15H22N4O2/c1-2-3-6-9-19-13-8-5-4-7-12(13)17-14(19)10-11(16)15(20)18-21/h4-5,7-8,11,21H,2-3,6,9-10,16H2,1H3,(H,18,20). The molecule has 6 nitrogen and oxygen atoms in total. The van der Waals surface area contributed by atoms with Gasteiger partial charge >= 0.3 is 0 Å². The van der Waals surface area contributed by atoms with E-state index in [-0.39, 0.29) is 0 Å². The highest BCUT2D eigenvalue weighted by Gasteiger charge is 2.18. The fourth-order valence-corrected chi connectivity index (χ4v) is 2.42. The number of rotatable bonds is 7. The van der Waals surface area contributed by atoms with Crippen LogP contribution in [0.5, 0.6) is 0 Å². The van der Waals surface area contributed by atoms with Crippen molar-refractivity contribution in [2.75, 3.05) is 0 Å². The van der Waals surface area contributed by atoms with Crippen LogP contribution in [0.2, 0.25) is 0 Å². The van der Waals surface area contributed by atoms with E-state index in [0.717, 1.165) is 42.7 Å². The number of hydroxylamine groups is 1. The number of amides is 1. The second-order valence-electron chi connectivity index (χ2n) is 5.16. The van der Waals surface area contributed by atoms with Crippen LogP contribution in [0.1, 0.15) is 32.0 Å². The number of hydrogen-bond donors (Lipinski definition) is 3. The predicted molar refractivity (Wildman–Crippen MR) is 80.9 cm³/mol. The van der Waals surface area contributed by atoms with Crippen LogP contribution in [-0.2, 0) is 17.8 Å². The van der Waals surface area contributed by atoms with Crippen molar-refractivity contribution in [3.63, 3.8) is 0 Å². The third kappa shape index (κ3) is 3.59. The Morgan fingerprint density at radius 1 is 1.43 bits per heavy atom. The molecule has 4 N–H and O–H groups in total. The van der Waals surface area contributed by atoms with E-state index in [1.54, 1.807) is 5.48 Å². The zero-order chi connectivity index (χ0) is 15.2. The second kappa shape index (κ2) is 7.19. The van der Waals surface area contributed by atoms with Gasteiger partial charge in [-0.05, 0) is 18.6 Å². The lowest BCUT2D eigenvalue weighted by molar-refractivity contribution is -0.130. The Hall–Kier alpha value is -1.92. The van der Waals surface area contributed by atoms with Gasteiger partial charge in [0.2, 0.25) is 0 Å². The first-order valence-corrected chi connectivity index (χ1v) is 7.31. The number of unbranched alkanes of at least 4 members (excludes halogenated alkanes) is 2. The van der Waals surface area contributed by atoms with Crippen molar-refractivity contribution in [3.8, 4) is 0 Å². The SMILES string of the molecule is CCCCCn1c(CC(N)C(=O)NO)nc2ccccc21. The average Bonchev–Trinajstić information content (AvgIpc) is 2.84. The molecule has 0 radical (unpaired) electrons. The molecule has 1 atom stereocenters. The predicted octanol–water partition coefficient (Wildman–Crippen LogP) is 1.60. The van der Waals surface area contributed by atoms with Crippen LogP contribution in [0, 0.1) is 0 Å². The summed E-state index contributed by atoms with van der Waals surface area (Å²) in [5, 5.41) is 8.66. The van der Waals surface area contributed by atoms with Crippen LogP contribution in [-0.4, -0.2) is 26.7 Å². The fraction of sp³-hybridized carbons (Fsp3) is 0.467. The summed E-state index contributed by atoms with van der Waals surface area (Å²) in [5.74, 6) is 0.186. The lowest BCUT2D eigenvalue weighted by atomic mass is 10.2. The number of nitrogens with one attached hydrogen (secondary N) is 1. The summed E-state index contributed by atoms with van der Waals surface area (Å²) in [6.07, 6.45) is 3.65. The first kappa shape index (κ1) is 15.5. The van der Waals surface area contributed by atoms with Crippen molar-refractivity contribution < 1.29 is 10.0 Å². The van der Waals surface area contributed by atoms with Crippen LogP contribution >= 0.6 is 0 Å². The normalized spacial score (nSPS) is 12.5. The highest BCUT2D eigenvalue weighted by Crippen LogP contribution is 2.18. The molecule has 0 spiro atoms. The monoisotopic (exact) mass is 290 g/mol. The summed E-state index contributed by atoms with van der Waals surface area (Å²) in [7, 11) is 0. The van der Waals surface area contributed by atoms with Gasteiger partial charge in [-0.3, -0.25) is 10.0 Å². The number of imidazole rings is 1. The van der Waals surface area contributed by atoms with Gasteiger partial charge in [-0.2, -0.15) is 0 Å². The Morgan fingerprint density at radius 2 is 2.19 bits per heavy atom. The molecule has 1 aromatic carbocycles. The minimum atomic E-state index is -0.809. The van der Waals surface area contributed by atoms with Gasteiger partial charge in [-0.1, -0.05) is 31.9 Å². The molecule has 2 aromatic rings. The molecule has 0 saturated carbocycles. The zero-order valence-electron chi connectivity index (χ0n) is 12.2. The van der Waals surface area contributed by atoms with E-state index in [9.17, 15) is 4.79 Å². The van der Waals surface area contributed by atoms with Crippen molar-refractivity contribution in [1.82, 2.24) is 15.0 Å². The van der Waals surface area contributed by atoms with Gasteiger partial charge in [0.05, 0.1) is 17.1 Å². The van der Waals surface area contributed by atoms with Crippen LogP contribution in [0.15, 0.2) is 24.3 Å². The maximum absolute atomic E-state index is 11.4. The maximum Gasteiger partial charge on any atom is 0.260 e. The summed E-state index contributed by atoms with van der Waals surface area (Å²) in [6, 6.07) is 7.08. The van der Waals surface area contributed by atoms with E-state index in [1.807, 2.05) is 24.3 Å². The molecule has 0 bridgehead atoms. The van der Waals surface area contributed by atoms with Crippen LogP contribution in [0.25, 0.3) is 11.0 Å². The molecule has 114 valence electrons. The first-order chi connectivity index (χ1) is 10.2. The summed E-state index contributed by atoms with van der Waals surface area (Å²) >= 11 is 0. The summed E-state index contributed by atoms with van der Waals surface area (Å²) in [5.41, 5.74) is 9.33. The topological polar surface area (TPSA) is 93.2 Å². The Bertz CT molecular complexity index is 609. The van der Waals surface area contributed by atoms with Crippen molar-refractivity contribution in [3.05, 3.63) is 30.1 Å². The number of aryl methyl sites for hydroxylation is 1. The molecule has 1 unspecified atom stereocenters. The fourth-order valence-electron chi connectivity index (χ4n) is 2.42. The number of carbonyl (C=O) groups excluding carboxylic acids is 1. The summed E-state index contributed by atoms with van der Waals surface area (Å²) < 4.78 is 2.12. The molecule has 1 aromatic heterocycles. The van der Waals surface area contributed by atoms with E-state index < -0.39 is 11.9 Å². The molecule has 21 heavy (non-hydrogen) atoms. The molecule has 1 heterocycles. The summed E-state index contributed by atoms with van der Waals surface area (Å²) in [6.45, 7) is 3.02. The number of hydrogen-bond acceptors (Lipinski definition) is 4. The number of fused-ring (bicyclic) bond motifs is 1. The molecule has 0 aliphatic rings. The number of nitrogens with two attached hydrogens (primary N) is 1. The van der Waals surface area contributed by atoms with Gasteiger partial charge in [0, 0.05) is 13.0 Å². The molecular formula is C15H22N4O2. The number of aromatic nitrogens is 2. The maximum atomic E-state index is 11.4. The van der Waals surface area contributed by atoms with Crippen molar-refractivity contribution >= 4 is 16.9 Å². The minimum Gasteiger partial charge on any atom is -0.328 e. The summed E-state index contributed by atoms with van der Waals surface area (Å²) in [4.78, 5) is 15.9. The van der Waals surface area contributed by atoms with E-state index in [0.29, 0.717) is 6.42 Å². The van der Waals surface area contributed by atoms with E-state index in [2.05, 4.69) is 16.5 Å². The first-order valence-electron chi connectivity index (χ1n) is 7.31. The smallest absolute Gasteiger partial charge is 0.260 e. The number of para-hydroxylation sites is 2. The quantitative estimate of drug-likeness (QED) is 0.410. The Kier molecular flexibility index (Phi) is 5.30. The molecule has 0 aliphatic heterocycles.